The number of pyridine rings is 1. The van der Waals surface area contributed by atoms with Crippen molar-refractivity contribution >= 4 is 21.4 Å². The van der Waals surface area contributed by atoms with Crippen molar-refractivity contribution in [3.8, 4) is 6.01 Å². The van der Waals surface area contributed by atoms with Crippen LogP contribution < -0.4 is 4.74 Å². The third-order valence-corrected chi connectivity index (χ3v) is 5.89. The van der Waals surface area contributed by atoms with E-state index in [1.807, 2.05) is 26.0 Å². The third kappa shape index (κ3) is 4.09. The van der Waals surface area contributed by atoms with Gasteiger partial charge in [0.25, 0.3) is 5.91 Å². The average molecular weight is 366 g/mol. The Morgan fingerprint density at radius 2 is 2.20 bits per heavy atom. The Morgan fingerprint density at radius 3 is 2.88 bits per heavy atom. The molecule has 0 saturated carbocycles. The molecule has 1 atom stereocenters. The molecule has 0 aromatic carbocycles. The maximum Gasteiger partial charge on any atom is 0.322 e. The molecule has 0 bridgehead atoms. The summed E-state index contributed by atoms with van der Waals surface area (Å²) in [6.45, 7) is 4.30. The third-order valence-electron chi connectivity index (χ3n) is 4.14. The molecule has 1 amide bonds. The number of nitrogens with zero attached hydrogens (tertiary/aromatic N) is 4. The van der Waals surface area contributed by atoms with E-state index in [9.17, 15) is 13.2 Å². The molecule has 0 N–H and O–H groups in total. The Kier molecular flexibility index (Phi) is 4.94. The van der Waals surface area contributed by atoms with Crippen LogP contribution in [0.1, 0.15) is 20.3 Å². The number of hydrogen-bond donors (Lipinski definition) is 0. The van der Waals surface area contributed by atoms with Crippen LogP contribution in [0, 0.1) is 5.92 Å². The maximum absolute atomic E-state index is 12.7. The molecule has 1 fully saturated rings. The minimum absolute atomic E-state index is 0.0271. The maximum atomic E-state index is 12.7. The van der Waals surface area contributed by atoms with Crippen LogP contribution in [-0.2, 0) is 14.6 Å². The van der Waals surface area contributed by atoms with E-state index in [2.05, 4.69) is 10.2 Å². The lowest BCUT2D eigenvalue weighted by Crippen LogP contribution is -2.45. The van der Waals surface area contributed by atoms with E-state index in [0.29, 0.717) is 18.6 Å². The number of sulfone groups is 1. The second-order valence-electron chi connectivity index (χ2n) is 6.70. The smallest absolute Gasteiger partial charge is 0.322 e. The van der Waals surface area contributed by atoms with Crippen molar-refractivity contribution in [2.24, 2.45) is 5.92 Å². The first kappa shape index (κ1) is 17.7. The van der Waals surface area contributed by atoms with Gasteiger partial charge in [-0.2, -0.15) is 0 Å². The van der Waals surface area contributed by atoms with E-state index >= 15 is 0 Å². The molecule has 25 heavy (non-hydrogen) atoms. The van der Waals surface area contributed by atoms with E-state index in [4.69, 9.17) is 4.74 Å². The molecule has 136 valence electrons. The van der Waals surface area contributed by atoms with E-state index in [-0.39, 0.29) is 42.0 Å². The first-order valence-corrected chi connectivity index (χ1v) is 10.1. The van der Waals surface area contributed by atoms with Crippen LogP contribution in [0.5, 0.6) is 6.01 Å². The van der Waals surface area contributed by atoms with Crippen molar-refractivity contribution in [2.45, 2.75) is 26.3 Å². The van der Waals surface area contributed by atoms with Gasteiger partial charge in [0, 0.05) is 18.8 Å². The quantitative estimate of drug-likeness (QED) is 0.750. The highest BCUT2D eigenvalue weighted by atomic mass is 32.2. The van der Waals surface area contributed by atoms with Crippen molar-refractivity contribution in [1.82, 2.24) is 19.5 Å². The predicted octanol–water partition coefficient (Wildman–Crippen LogP) is 0.780. The number of rotatable bonds is 6. The van der Waals surface area contributed by atoms with E-state index in [1.54, 1.807) is 21.6 Å². The highest BCUT2D eigenvalue weighted by Gasteiger charge is 2.35. The summed E-state index contributed by atoms with van der Waals surface area (Å²) in [7, 11) is -3.06. The number of aromatic nitrogens is 3. The largest absolute Gasteiger partial charge is 0.453 e. The van der Waals surface area contributed by atoms with Gasteiger partial charge in [0.2, 0.25) is 0 Å². The molecule has 2 aromatic rings. The van der Waals surface area contributed by atoms with Gasteiger partial charge in [-0.25, -0.2) is 8.42 Å². The molecule has 1 aliphatic heterocycles. The standard InChI is InChI=1S/C16H22N4O4S/c1-12(2)9-20(13-6-8-25(22,23)11-13)15(21)10-24-16-18-17-14-5-3-4-7-19(14)16/h3-5,7,12-13H,6,8-11H2,1-2H3/t13-/m1/s1. The van der Waals surface area contributed by atoms with Crippen LogP contribution in [0.25, 0.3) is 5.65 Å². The first-order chi connectivity index (χ1) is 11.9. The van der Waals surface area contributed by atoms with Crippen LogP contribution in [0.3, 0.4) is 0 Å². The molecule has 0 spiro atoms. The minimum Gasteiger partial charge on any atom is -0.453 e. The van der Waals surface area contributed by atoms with Gasteiger partial charge in [-0.15, -0.1) is 5.10 Å². The fraction of sp³-hybridized carbons (Fsp3) is 0.562. The summed E-state index contributed by atoms with van der Waals surface area (Å²) in [5.41, 5.74) is 0.630. The monoisotopic (exact) mass is 366 g/mol. The van der Waals surface area contributed by atoms with E-state index in [0.717, 1.165) is 0 Å². The van der Waals surface area contributed by atoms with Gasteiger partial charge in [-0.1, -0.05) is 25.0 Å². The predicted molar refractivity (Wildman–Crippen MR) is 92.1 cm³/mol. The molecule has 0 radical (unpaired) electrons. The topological polar surface area (TPSA) is 93.9 Å². The number of fused-ring (bicyclic) bond motifs is 1. The molecule has 0 unspecified atom stereocenters. The highest BCUT2D eigenvalue weighted by Crippen LogP contribution is 2.19. The number of hydrogen-bond acceptors (Lipinski definition) is 6. The van der Waals surface area contributed by atoms with Crippen molar-refractivity contribution in [1.29, 1.82) is 0 Å². The van der Waals surface area contributed by atoms with Gasteiger partial charge < -0.3 is 9.64 Å². The Hall–Kier alpha value is -2.16. The molecule has 1 saturated heterocycles. The fourth-order valence-electron chi connectivity index (χ4n) is 3.00. The summed E-state index contributed by atoms with van der Waals surface area (Å²) in [6.07, 6.45) is 2.24. The van der Waals surface area contributed by atoms with Gasteiger partial charge in [0.1, 0.15) is 0 Å². The number of ether oxygens (including phenoxy) is 1. The lowest BCUT2D eigenvalue weighted by molar-refractivity contribution is -0.136. The summed E-state index contributed by atoms with van der Waals surface area (Å²) < 4.78 is 30.7. The zero-order valence-electron chi connectivity index (χ0n) is 14.3. The molecule has 8 nitrogen and oxygen atoms in total. The molecule has 3 rings (SSSR count). The molecular formula is C16H22N4O4S. The molecule has 9 heteroatoms. The fourth-order valence-corrected chi connectivity index (χ4v) is 4.73. The van der Waals surface area contributed by atoms with Crippen LogP contribution in [-0.4, -0.2) is 64.5 Å². The van der Waals surface area contributed by atoms with Gasteiger partial charge in [0.05, 0.1) is 11.5 Å². The van der Waals surface area contributed by atoms with Crippen molar-refractivity contribution < 1.29 is 17.9 Å². The summed E-state index contributed by atoms with van der Waals surface area (Å²) in [6, 6.07) is 5.41. The van der Waals surface area contributed by atoms with Crippen LogP contribution >= 0.6 is 0 Å². The van der Waals surface area contributed by atoms with E-state index < -0.39 is 9.84 Å². The number of carbonyl (C=O) groups excluding carboxylic acids is 1. The first-order valence-electron chi connectivity index (χ1n) is 8.28. The van der Waals surface area contributed by atoms with Crippen LogP contribution in [0.4, 0.5) is 0 Å². The Balaban J connectivity index is 1.70. The molecular weight excluding hydrogens is 344 g/mol. The van der Waals surface area contributed by atoms with Crippen LogP contribution in [0.2, 0.25) is 0 Å². The zero-order valence-corrected chi connectivity index (χ0v) is 15.1. The van der Waals surface area contributed by atoms with Gasteiger partial charge in [-0.3, -0.25) is 9.20 Å². The summed E-state index contributed by atoms with van der Waals surface area (Å²) in [5.74, 6) is 0.166. The van der Waals surface area contributed by atoms with Gasteiger partial charge in [0.15, 0.2) is 22.1 Å². The van der Waals surface area contributed by atoms with Crippen molar-refractivity contribution in [3.63, 3.8) is 0 Å². The molecule has 3 heterocycles. The second kappa shape index (κ2) is 6.99. The Labute approximate surface area is 146 Å². The minimum atomic E-state index is -3.06. The molecule has 2 aromatic heterocycles. The highest BCUT2D eigenvalue weighted by molar-refractivity contribution is 7.91. The number of carbonyl (C=O) groups is 1. The summed E-state index contributed by atoms with van der Waals surface area (Å²) in [5, 5.41) is 7.90. The summed E-state index contributed by atoms with van der Waals surface area (Å²) >= 11 is 0. The molecule has 1 aliphatic rings. The average Bonchev–Trinajstić information content (AvgIpc) is 3.13. The number of amides is 1. The Morgan fingerprint density at radius 1 is 1.40 bits per heavy atom. The normalized spacial score (nSPS) is 19.4. The SMILES string of the molecule is CC(C)CN(C(=O)COc1nnc2ccccn12)[C@@H]1CCS(=O)(=O)C1. The second-order valence-corrected chi connectivity index (χ2v) is 8.93. The van der Waals surface area contributed by atoms with Gasteiger partial charge >= 0.3 is 6.01 Å². The summed E-state index contributed by atoms with van der Waals surface area (Å²) in [4.78, 5) is 14.3. The van der Waals surface area contributed by atoms with Crippen molar-refractivity contribution in [3.05, 3.63) is 24.4 Å². The van der Waals surface area contributed by atoms with Crippen molar-refractivity contribution in [2.75, 3.05) is 24.7 Å². The van der Waals surface area contributed by atoms with Crippen LogP contribution in [0.15, 0.2) is 24.4 Å². The van der Waals surface area contributed by atoms with Gasteiger partial charge in [-0.05, 0) is 24.5 Å². The zero-order chi connectivity index (χ0) is 18.0. The Bertz CT molecular complexity index is 862. The van der Waals surface area contributed by atoms with E-state index in [1.165, 1.54) is 0 Å². The lowest BCUT2D eigenvalue weighted by Gasteiger charge is -2.29. The molecule has 0 aliphatic carbocycles. The lowest BCUT2D eigenvalue weighted by atomic mass is 10.1.